The Morgan fingerprint density at radius 1 is 1.39 bits per heavy atom. The van der Waals surface area contributed by atoms with Gasteiger partial charge in [-0.05, 0) is 31.1 Å². The third kappa shape index (κ3) is 2.23. The van der Waals surface area contributed by atoms with E-state index in [1.165, 1.54) is 10.8 Å². The van der Waals surface area contributed by atoms with Crippen molar-refractivity contribution in [2.24, 2.45) is 11.8 Å². The number of aromatic amines is 1. The summed E-state index contributed by atoms with van der Waals surface area (Å²) in [5, 5.41) is 8.85. The molecule has 0 aliphatic heterocycles. The lowest BCUT2D eigenvalue weighted by Gasteiger charge is -2.33. The van der Waals surface area contributed by atoms with E-state index in [2.05, 4.69) is 18.8 Å². The van der Waals surface area contributed by atoms with Gasteiger partial charge in [-0.15, -0.1) is 0 Å². The SMILES string of the molecule is CC1CCC(n2cc(C#N)c(=O)[nH]c2=O)C(C)C1. The van der Waals surface area contributed by atoms with Gasteiger partial charge >= 0.3 is 5.69 Å². The summed E-state index contributed by atoms with van der Waals surface area (Å²) in [6, 6.07) is 1.90. The molecule has 0 radical (unpaired) electrons. The zero-order valence-electron chi connectivity index (χ0n) is 10.6. The van der Waals surface area contributed by atoms with Crippen LogP contribution in [0, 0.1) is 23.2 Å². The van der Waals surface area contributed by atoms with Crippen molar-refractivity contribution in [1.82, 2.24) is 9.55 Å². The fourth-order valence-corrected chi connectivity index (χ4v) is 2.87. The molecule has 2 rings (SSSR count). The van der Waals surface area contributed by atoms with Gasteiger partial charge in [-0.3, -0.25) is 14.3 Å². The molecule has 0 amide bonds. The molecule has 5 heteroatoms. The predicted octanol–water partition coefficient (Wildman–Crippen LogP) is 1.41. The molecule has 1 aliphatic carbocycles. The monoisotopic (exact) mass is 247 g/mol. The summed E-state index contributed by atoms with van der Waals surface area (Å²) in [5.74, 6) is 1.05. The lowest BCUT2D eigenvalue weighted by Crippen LogP contribution is -2.37. The molecule has 18 heavy (non-hydrogen) atoms. The molecule has 0 saturated heterocycles. The van der Waals surface area contributed by atoms with Crippen molar-refractivity contribution in [3.8, 4) is 6.07 Å². The van der Waals surface area contributed by atoms with Crippen LogP contribution < -0.4 is 11.2 Å². The Balaban J connectivity index is 2.43. The highest BCUT2D eigenvalue weighted by Gasteiger charge is 2.27. The molecule has 1 aromatic heterocycles. The highest BCUT2D eigenvalue weighted by atomic mass is 16.2. The highest BCUT2D eigenvalue weighted by Crippen LogP contribution is 2.35. The van der Waals surface area contributed by atoms with Gasteiger partial charge in [0, 0.05) is 12.2 Å². The Labute approximate surface area is 105 Å². The fraction of sp³-hybridized carbons (Fsp3) is 0.615. The molecule has 3 atom stereocenters. The lowest BCUT2D eigenvalue weighted by atomic mass is 9.80. The first-order chi connectivity index (χ1) is 8.52. The first kappa shape index (κ1) is 12.6. The highest BCUT2D eigenvalue weighted by molar-refractivity contribution is 5.22. The van der Waals surface area contributed by atoms with E-state index in [0.29, 0.717) is 11.8 Å². The number of hydrogen-bond donors (Lipinski definition) is 1. The van der Waals surface area contributed by atoms with Crippen LogP contribution in [0.25, 0.3) is 0 Å². The molecule has 1 heterocycles. The van der Waals surface area contributed by atoms with Gasteiger partial charge in [0.25, 0.3) is 5.56 Å². The summed E-state index contributed by atoms with van der Waals surface area (Å²) in [4.78, 5) is 25.4. The van der Waals surface area contributed by atoms with E-state index in [0.717, 1.165) is 19.3 Å². The molecule has 1 aliphatic rings. The number of nitriles is 1. The van der Waals surface area contributed by atoms with Crippen LogP contribution in [0.1, 0.15) is 44.7 Å². The normalized spacial score (nSPS) is 27.7. The molecule has 96 valence electrons. The zero-order chi connectivity index (χ0) is 13.3. The van der Waals surface area contributed by atoms with Crippen LogP contribution in [0.3, 0.4) is 0 Å². The summed E-state index contributed by atoms with van der Waals surface area (Å²) in [7, 11) is 0. The Bertz CT molecular complexity index is 593. The number of aromatic nitrogens is 2. The van der Waals surface area contributed by atoms with Crippen molar-refractivity contribution >= 4 is 0 Å². The number of hydrogen-bond acceptors (Lipinski definition) is 3. The minimum atomic E-state index is -0.601. The van der Waals surface area contributed by atoms with Crippen molar-refractivity contribution < 1.29 is 0 Å². The predicted molar refractivity (Wildman–Crippen MR) is 67.3 cm³/mol. The van der Waals surface area contributed by atoms with Crippen LogP contribution in [-0.2, 0) is 0 Å². The number of rotatable bonds is 1. The van der Waals surface area contributed by atoms with Crippen LogP contribution in [0.2, 0.25) is 0 Å². The molecular weight excluding hydrogens is 230 g/mol. The Morgan fingerprint density at radius 3 is 2.72 bits per heavy atom. The van der Waals surface area contributed by atoms with E-state index in [-0.39, 0.29) is 11.6 Å². The van der Waals surface area contributed by atoms with Crippen LogP contribution in [0.15, 0.2) is 15.8 Å². The summed E-state index contributed by atoms with van der Waals surface area (Å²) in [5.41, 5.74) is -1.01. The summed E-state index contributed by atoms with van der Waals surface area (Å²) in [6.45, 7) is 4.33. The molecule has 1 fully saturated rings. The number of nitrogens with zero attached hydrogens (tertiary/aromatic N) is 2. The molecule has 0 spiro atoms. The largest absolute Gasteiger partial charge is 0.328 e. The maximum absolute atomic E-state index is 11.8. The second-order valence-electron chi connectivity index (χ2n) is 5.28. The standard InChI is InChI=1S/C13H17N3O2/c1-8-3-4-11(9(2)5-8)16-7-10(6-14)12(17)15-13(16)18/h7-9,11H,3-5H2,1-2H3,(H,15,17,18). The van der Waals surface area contributed by atoms with Crippen LogP contribution in [-0.4, -0.2) is 9.55 Å². The van der Waals surface area contributed by atoms with Crippen molar-refractivity contribution in [3.05, 3.63) is 32.6 Å². The maximum atomic E-state index is 11.8. The first-order valence-electron chi connectivity index (χ1n) is 6.28. The van der Waals surface area contributed by atoms with Gasteiger partial charge in [-0.25, -0.2) is 4.79 Å². The van der Waals surface area contributed by atoms with E-state index in [1.54, 1.807) is 0 Å². The van der Waals surface area contributed by atoms with Gasteiger partial charge in [-0.2, -0.15) is 5.26 Å². The van der Waals surface area contributed by atoms with Crippen molar-refractivity contribution in [2.45, 2.75) is 39.2 Å². The van der Waals surface area contributed by atoms with E-state index in [4.69, 9.17) is 5.26 Å². The summed E-state index contributed by atoms with van der Waals surface area (Å²) >= 11 is 0. The third-order valence-electron chi connectivity index (χ3n) is 3.83. The summed E-state index contributed by atoms with van der Waals surface area (Å²) < 4.78 is 1.52. The quantitative estimate of drug-likeness (QED) is 0.814. The molecule has 0 bridgehead atoms. The lowest BCUT2D eigenvalue weighted by molar-refractivity contribution is 0.202. The van der Waals surface area contributed by atoms with Gasteiger partial charge in [0.2, 0.25) is 0 Å². The van der Waals surface area contributed by atoms with Gasteiger partial charge in [0.1, 0.15) is 11.6 Å². The fourth-order valence-electron chi connectivity index (χ4n) is 2.87. The zero-order valence-corrected chi connectivity index (χ0v) is 10.6. The number of H-pyrrole nitrogens is 1. The maximum Gasteiger partial charge on any atom is 0.328 e. The average Bonchev–Trinajstić information content (AvgIpc) is 2.30. The second-order valence-corrected chi connectivity index (χ2v) is 5.28. The van der Waals surface area contributed by atoms with E-state index in [1.807, 2.05) is 6.07 Å². The molecule has 1 N–H and O–H groups in total. The van der Waals surface area contributed by atoms with Crippen molar-refractivity contribution in [3.63, 3.8) is 0 Å². The molecule has 0 aromatic carbocycles. The minimum absolute atomic E-state index is 0.000391. The summed E-state index contributed by atoms with van der Waals surface area (Å²) in [6.07, 6.45) is 4.46. The molecule has 1 saturated carbocycles. The first-order valence-corrected chi connectivity index (χ1v) is 6.28. The van der Waals surface area contributed by atoms with Gasteiger partial charge in [0.15, 0.2) is 0 Å². The topological polar surface area (TPSA) is 78.7 Å². The second kappa shape index (κ2) is 4.81. The van der Waals surface area contributed by atoms with Crippen molar-refractivity contribution in [1.29, 1.82) is 5.26 Å². The van der Waals surface area contributed by atoms with E-state index in [9.17, 15) is 9.59 Å². The molecule has 5 nitrogen and oxygen atoms in total. The Kier molecular flexibility index (Phi) is 3.37. The molecule has 1 aromatic rings. The average molecular weight is 247 g/mol. The molecule has 3 unspecified atom stereocenters. The Hall–Kier alpha value is -1.83. The van der Waals surface area contributed by atoms with Crippen LogP contribution in [0.5, 0.6) is 0 Å². The molecular formula is C13H17N3O2. The number of nitrogens with one attached hydrogen (secondary N) is 1. The third-order valence-corrected chi connectivity index (χ3v) is 3.83. The Morgan fingerprint density at radius 2 is 2.11 bits per heavy atom. The van der Waals surface area contributed by atoms with E-state index < -0.39 is 11.2 Å². The minimum Gasteiger partial charge on any atom is -0.296 e. The van der Waals surface area contributed by atoms with Crippen LogP contribution >= 0.6 is 0 Å². The van der Waals surface area contributed by atoms with Gasteiger partial charge in [-0.1, -0.05) is 13.8 Å². The van der Waals surface area contributed by atoms with Gasteiger partial charge < -0.3 is 0 Å². The van der Waals surface area contributed by atoms with Crippen LogP contribution in [0.4, 0.5) is 0 Å². The van der Waals surface area contributed by atoms with E-state index >= 15 is 0 Å². The van der Waals surface area contributed by atoms with Gasteiger partial charge in [0.05, 0.1) is 0 Å². The smallest absolute Gasteiger partial charge is 0.296 e. The van der Waals surface area contributed by atoms with Crippen molar-refractivity contribution in [2.75, 3.05) is 0 Å².